The second-order valence-corrected chi connectivity index (χ2v) is 6.31. The van der Waals surface area contributed by atoms with Gasteiger partial charge in [0.05, 0.1) is 24.2 Å². The maximum Gasteiger partial charge on any atom is 0.422 e. The van der Waals surface area contributed by atoms with Gasteiger partial charge in [0.2, 0.25) is 11.8 Å². The minimum Gasteiger partial charge on any atom is -0.467 e. The molecule has 28 heavy (non-hydrogen) atoms. The zero-order valence-electron chi connectivity index (χ0n) is 14.6. The average molecular weight is 414 g/mol. The molecule has 0 radical (unpaired) electrons. The number of fused-ring (bicyclic) bond motifs is 1. The SMILES string of the molecule is CNC(=O)Cc1nccc2nn(Cc3cnc(OCC(F)(F)F)c(Cl)c3)cc12. The van der Waals surface area contributed by atoms with E-state index in [2.05, 4.69) is 25.1 Å². The van der Waals surface area contributed by atoms with Crippen LogP contribution in [0.3, 0.4) is 0 Å². The van der Waals surface area contributed by atoms with Crippen LogP contribution < -0.4 is 10.1 Å². The number of carbonyl (C=O) groups excluding carboxylic acids is 1. The number of ether oxygens (including phenoxy) is 1. The van der Waals surface area contributed by atoms with Gasteiger partial charge in [0.15, 0.2) is 6.61 Å². The Morgan fingerprint density at radius 3 is 2.82 bits per heavy atom. The molecule has 0 aromatic carbocycles. The second kappa shape index (κ2) is 8.01. The summed E-state index contributed by atoms with van der Waals surface area (Å²) in [5.41, 5.74) is 1.88. The summed E-state index contributed by atoms with van der Waals surface area (Å²) in [7, 11) is 1.55. The third-order valence-corrected chi connectivity index (χ3v) is 4.02. The van der Waals surface area contributed by atoms with E-state index in [4.69, 9.17) is 11.6 Å². The van der Waals surface area contributed by atoms with Crippen LogP contribution in [0.15, 0.2) is 30.7 Å². The molecule has 3 aromatic heterocycles. The smallest absolute Gasteiger partial charge is 0.422 e. The number of likely N-dealkylation sites (N-methyl/N-ethyl adjacent to an activating group) is 1. The second-order valence-electron chi connectivity index (χ2n) is 5.90. The third kappa shape index (κ3) is 4.89. The molecule has 0 aliphatic carbocycles. The normalized spacial score (nSPS) is 11.6. The molecule has 3 aromatic rings. The van der Waals surface area contributed by atoms with Crippen LogP contribution in [0.2, 0.25) is 5.02 Å². The quantitative estimate of drug-likeness (QED) is 0.672. The van der Waals surface area contributed by atoms with Crippen LogP contribution >= 0.6 is 11.6 Å². The fraction of sp³-hybridized carbons (Fsp3) is 0.294. The zero-order valence-corrected chi connectivity index (χ0v) is 15.4. The van der Waals surface area contributed by atoms with Gasteiger partial charge in [0, 0.05) is 31.0 Å². The first-order valence-electron chi connectivity index (χ1n) is 8.11. The highest BCUT2D eigenvalue weighted by Crippen LogP contribution is 2.25. The van der Waals surface area contributed by atoms with Crippen LogP contribution in [0, 0.1) is 0 Å². The number of nitrogens with one attached hydrogen (secondary N) is 1. The lowest BCUT2D eigenvalue weighted by molar-refractivity contribution is -0.154. The molecule has 0 bridgehead atoms. The van der Waals surface area contributed by atoms with Crippen LogP contribution in [0.25, 0.3) is 10.9 Å². The van der Waals surface area contributed by atoms with Crippen molar-refractivity contribution in [2.75, 3.05) is 13.7 Å². The van der Waals surface area contributed by atoms with Crippen LogP contribution in [-0.2, 0) is 17.8 Å². The number of rotatable bonds is 6. The number of halogens is 4. The van der Waals surface area contributed by atoms with Gasteiger partial charge >= 0.3 is 6.18 Å². The van der Waals surface area contributed by atoms with Crippen molar-refractivity contribution < 1.29 is 22.7 Å². The fourth-order valence-corrected chi connectivity index (χ4v) is 2.75. The highest BCUT2D eigenvalue weighted by atomic mass is 35.5. The van der Waals surface area contributed by atoms with Gasteiger partial charge in [-0.15, -0.1) is 0 Å². The molecule has 3 heterocycles. The van der Waals surface area contributed by atoms with Gasteiger partial charge in [-0.3, -0.25) is 14.5 Å². The minimum atomic E-state index is -4.47. The summed E-state index contributed by atoms with van der Waals surface area (Å²) in [5.74, 6) is -0.455. The first-order chi connectivity index (χ1) is 13.2. The van der Waals surface area contributed by atoms with Crippen molar-refractivity contribution in [1.82, 2.24) is 25.1 Å². The molecule has 0 saturated heterocycles. The largest absolute Gasteiger partial charge is 0.467 e. The van der Waals surface area contributed by atoms with Crippen LogP contribution in [0.5, 0.6) is 5.88 Å². The van der Waals surface area contributed by atoms with Gasteiger partial charge in [-0.1, -0.05) is 11.6 Å². The summed E-state index contributed by atoms with van der Waals surface area (Å²) in [4.78, 5) is 19.7. The Morgan fingerprint density at radius 2 is 2.14 bits per heavy atom. The Labute approximate surface area is 162 Å². The van der Waals surface area contributed by atoms with Crippen molar-refractivity contribution in [2.24, 2.45) is 0 Å². The molecule has 3 rings (SSSR count). The fourth-order valence-electron chi connectivity index (χ4n) is 2.51. The Bertz CT molecular complexity index is 1010. The van der Waals surface area contributed by atoms with E-state index < -0.39 is 12.8 Å². The predicted octanol–water partition coefficient (Wildman–Crippen LogP) is 2.76. The highest BCUT2D eigenvalue weighted by Gasteiger charge is 2.29. The van der Waals surface area contributed by atoms with Crippen LogP contribution in [0.4, 0.5) is 13.2 Å². The number of carbonyl (C=O) groups is 1. The number of hydrogen-bond acceptors (Lipinski definition) is 5. The molecule has 0 aliphatic heterocycles. The van der Waals surface area contributed by atoms with E-state index in [0.717, 1.165) is 5.39 Å². The van der Waals surface area contributed by atoms with Gasteiger partial charge in [-0.25, -0.2) is 4.98 Å². The maximum absolute atomic E-state index is 12.2. The Hall–Kier alpha value is -2.88. The van der Waals surface area contributed by atoms with Crippen molar-refractivity contribution in [1.29, 1.82) is 0 Å². The summed E-state index contributed by atoms with van der Waals surface area (Å²) in [6.07, 6.45) is 0.330. The summed E-state index contributed by atoms with van der Waals surface area (Å²) in [5, 5.41) is 7.67. The molecule has 148 valence electrons. The van der Waals surface area contributed by atoms with Crippen molar-refractivity contribution >= 4 is 28.4 Å². The van der Waals surface area contributed by atoms with Crippen molar-refractivity contribution in [3.05, 3.63) is 47.0 Å². The minimum absolute atomic E-state index is 0.0274. The molecule has 1 amide bonds. The molecule has 1 N–H and O–H groups in total. The average Bonchev–Trinajstić information content (AvgIpc) is 3.03. The van der Waals surface area contributed by atoms with Crippen molar-refractivity contribution in [3.63, 3.8) is 0 Å². The van der Waals surface area contributed by atoms with E-state index >= 15 is 0 Å². The van der Waals surface area contributed by atoms with Gasteiger partial charge in [-0.2, -0.15) is 18.3 Å². The van der Waals surface area contributed by atoms with Crippen LogP contribution in [0.1, 0.15) is 11.3 Å². The molecular formula is C17H15ClF3N5O2. The summed E-state index contributed by atoms with van der Waals surface area (Å²) < 4.78 is 42.9. The van der Waals surface area contributed by atoms with E-state index in [9.17, 15) is 18.0 Å². The van der Waals surface area contributed by atoms with E-state index in [1.165, 1.54) is 12.3 Å². The Balaban J connectivity index is 1.78. The Morgan fingerprint density at radius 1 is 1.36 bits per heavy atom. The number of pyridine rings is 2. The highest BCUT2D eigenvalue weighted by molar-refractivity contribution is 6.31. The summed E-state index contributed by atoms with van der Waals surface area (Å²) >= 11 is 5.96. The van der Waals surface area contributed by atoms with Crippen LogP contribution in [-0.4, -0.2) is 45.5 Å². The van der Waals surface area contributed by atoms with Gasteiger partial charge in [0.1, 0.15) is 5.02 Å². The molecular weight excluding hydrogens is 399 g/mol. The first-order valence-corrected chi connectivity index (χ1v) is 8.48. The van der Waals surface area contributed by atoms with Gasteiger partial charge in [0.25, 0.3) is 0 Å². The summed E-state index contributed by atoms with van der Waals surface area (Å²) in [6.45, 7) is -1.19. The lowest BCUT2D eigenvalue weighted by Crippen LogP contribution is -2.20. The van der Waals surface area contributed by atoms with Crippen molar-refractivity contribution in [2.45, 2.75) is 19.1 Å². The zero-order chi connectivity index (χ0) is 20.3. The molecule has 0 fully saturated rings. The molecule has 0 aliphatic rings. The molecule has 11 heteroatoms. The van der Waals surface area contributed by atoms with E-state index in [0.29, 0.717) is 16.8 Å². The van der Waals surface area contributed by atoms with E-state index in [1.54, 1.807) is 30.2 Å². The standard InChI is InChI=1S/C17H15ClF3N5O2/c1-22-15(27)5-14-11-8-26(25-13(11)2-3-23-14)7-10-4-12(18)16(24-6-10)28-9-17(19,20)21/h2-4,6,8H,5,7,9H2,1H3,(H,22,27). The van der Waals surface area contributed by atoms with E-state index in [1.807, 2.05) is 0 Å². The monoisotopic (exact) mass is 413 g/mol. The van der Waals surface area contributed by atoms with Gasteiger partial charge < -0.3 is 10.1 Å². The molecule has 0 saturated carbocycles. The lowest BCUT2D eigenvalue weighted by atomic mass is 10.2. The number of amides is 1. The topological polar surface area (TPSA) is 81.9 Å². The van der Waals surface area contributed by atoms with Crippen molar-refractivity contribution in [3.8, 4) is 5.88 Å². The molecule has 0 spiro atoms. The predicted molar refractivity (Wildman–Crippen MR) is 95.2 cm³/mol. The molecule has 0 unspecified atom stereocenters. The summed E-state index contributed by atoms with van der Waals surface area (Å²) in [6, 6.07) is 3.19. The number of alkyl halides is 3. The van der Waals surface area contributed by atoms with E-state index in [-0.39, 0.29) is 29.8 Å². The Kier molecular flexibility index (Phi) is 5.68. The lowest BCUT2D eigenvalue weighted by Gasteiger charge is -2.10. The molecule has 0 atom stereocenters. The van der Waals surface area contributed by atoms with Gasteiger partial charge in [-0.05, 0) is 17.7 Å². The third-order valence-electron chi connectivity index (χ3n) is 3.75. The number of aromatic nitrogens is 4. The molecule has 7 nitrogen and oxygen atoms in total. The number of nitrogens with zero attached hydrogens (tertiary/aromatic N) is 4. The first kappa shape index (κ1) is 19.9. The maximum atomic E-state index is 12.2. The number of hydrogen-bond donors (Lipinski definition) is 1.